The van der Waals surface area contributed by atoms with Crippen molar-refractivity contribution < 1.29 is 0 Å². The minimum absolute atomic E-state index is 0. The summed E-state index contributed by atoms with van der Waals surface area (Å²) in [6, 6.07) is 14.9. The minimum atomic E-state index is 0. The SMILES string of the molecule is C/C=C/CNC1=NN(c2ccc3ccccc3c2)CC1.Cl. The molecule has 0 saturated heterocycles. The first-order valence-electron chi connectivity index (χ1n) is 7.05. The van der Waals surface area contributed by atoms with E-state index in [2.05, 4.69) is 64.0 Å². The monoisotopic (exact) mass is 301 g/mol. The lowest BCUT2D eigenvalue weighted by molar-refractivity contribution is 0.922. The van der Waals surface area contributed by atoms with Gasteiger partial charge >= 0.3 is 0 Å². The third-order valence-corrected chi connectivity index (χ3v) is 3.49. The fraction of sp³-hybridized carbons (Fsp3) is 0.235. The van der Waals surface area contributed by atoms with E-state index in [1.165, 1.54) is 10.8 Å². The number of hydrogen-bond donors (Lipinski definition) is 1. The Balaban J connectivity index is 0.00000161. The maximum Gasteiger partial charge on any atom is 0.124 e. The van der Waals surface area contributed by atoms with Crippen LogP contribution >= 0.6 is 12.4 Å². The Morgan fingerprint density at radius 1 is 1.19 bits per heavy atom. The fourth-order valence-electron chi connectivity index (χ4n) is 2.40. The van der Waals surface area contributed by atoms with Crippen LogP contribution in [0, 0.1) is 0 Å². The molecule has 0 saturated carbocycles. The number of hydrogen-bond acceptors (Lipinski definition) is 3. The predicted molar refractivity (Wildman–Crippen MR) is 93.4 cm³/mol. The highest BCUT2D eigenvalue weighted by Crippen LogP contribution is 2.24. The van der Waals surface area contributed by atoms with Gasteiger partial charge in [0.25, 0.3) is 0 Å². The van der Waals surface area contributed by atoms with Crippen molar-refractivity contribution in [2.75, 3.05) is 18.1 Å². The molecule has 3 rings (SSSR count). The number of amidine groups is 1. The van der Waals surface area contributed by atoms with Gasteiger partial charge in [-0.2, -0.15) is 5.10 Å². The van der Waals surface area contributed by atoms with Crippen LogP contribution in [0.1, 0.15) is 13.3 Å². The molecule has 110 valence electrons. The molecule has 0 aromatic heterocycles. The topological polar surface area (TPSA) is 27.6 Å². The second kappa shape index (κ2) is 7.14. The highest BCUT2D eigenvalue weighted by Gasteiger charge is 2.15. The summed E-state index contributed by atoms with van der Waals surface area (Å²) in [6.07, 6.45) is 5.12. The van der Waals surface area contributed by atoms with Gasteiger partial charge in [-0.3, -0.25) is 5.01 Å². The Hall–Kier alpha value is -2.00. The zero-order valence-corrected chi connectivity index (χ0v) is 12.9. The molecule has 1 N–H and O–H groups in total. The number of benzene rings is 2. The Morgan fingerprint density at radius 3 is 2.81 bits per heavy atom. The summed E-state index contributed by atoms with van der Waals surface area (Å²) in [5, 5.41) is 12.6. The molecular formula is C17H20ClN3. The van der Waals surface area contributed by atoms with Crippen LogP contribution in [0.3, 0.4) is 0 Å². The van der Waals surface area contributed by atoms with E-state index in [4.69, 9.17) is 0 Å². The lowest BCUT2D eigenvalue weighted by Gasteiger charge is -2.13. The van der Waals surface area contributed by atoms with Crippen molar-refractivity contribution in [1.29, 1.82) is 0 Å². The molecule has 0 unspecified atom stereocenters. The van der Waals surface area contributed by atoms with Crippen molar-refractivity contribution in [2.45, 2.75) is 13.3 Å². The number of halogens is 1. The zero-order chi connectivity index (χ0) is 13.8. The number of fused-ring (bicyclic) bond motifs is 1. The number of rotatable bonds is 3. The molecule has 0 spiro atoms. The molecule has 21 heavy (non-hydrogen) atoms. The first-order valence-corrected chi connectivity index (χ1v) is 7.05. The van der Waals surface area contributed by atoms with Crippen molar-refractivity contribution in [1.82, 2.24) is 5.32 Å². The molecule has 2 aromatic rings. The number of hydrazone groups is 1. The van der Waals surface area contributed by atoms with Crippen molar-refractivity contribution in [3.8, 4) is 0 Å². The number of nitrogens with one attached hydrogen (secondary N) is 1. The zero-order valence-electron chi connectivity index (χ0n) is 12.1. The maximum atomic E-state index is 4.64. The summed E-state index contributed by atoms with van der Waals surface area (Å²) in [4.78, 5) is 0. The van der Waals surface area contributed by atoms with Gasteiger partial charge in [0.1, 0.15) is 5.84 Å². The van der Waals surface area contributed by atoms with Gasteiger partial charge in [-0.1, -0.05) is 42.5 Å². The minimum Gasteiger partial charge on any atom is -0.369 e. The fourth-order valence-corrected chi connectivity index (χ4v) is 2.40. The van der Waals surface area contributed by atoms with E-state index in [1.54, 1.807) is 0 Å². The van der Waals surface area contributed by atoms with Crippen LogP contribution in [-0.4, -0.2) is 18.9 Å². The van der Waals surface area contributed by atoms with Gasteiger partial charge in [0, 0.05) is 19.5 Å². The van der Waals surface area contributed by atoms with Crippen LogP contribution in [0.15, 0.2) is 59.7 Å². The third-order valence-electron chi connectivity index (χ3n) is 3.49. The lowest BCUT2D eigenvalue weighted by Crippen LogP contribution is -2.21. The Morgan fingerprint density at radius 2 is 2.00 bits per heavy atom. The van der Waals surface area contributed by atoms with E-state index in [-0.39, 0.29) is 12.4 Å². The normalized spacial score (nSPS) is 14.3. The first-order chi connectivity index (χ1) is 9.86. The summed E-state index contributed by atoms with van der Waals surface area (Å²) in [5.41, 5.74) is 1.16. The molecule has 0 atom stereocenters. The standard InChI is InChI=1S/C17H19N3.ClH/c1-2-3-11-18-17-10-12-20(19-17)16-9-8-14-6-4-5-7-15(14)13-16;/h2-9,13H,10-12H2,1H3,(H,18,19);1H/b3-2+;. The van der Waals surface area contributed by atoms with Crippen molar-refractivity contribution in [3.05, 3.63) is 54.6 Å². The van der Waals surface area contributed by atoms with Gasteiger partial charge in [0.2, 0.25) is 0 Å². The number of nitrogens with zero attached hydrogens (tertiary/aromatic N) is 2. The maximum absolute atomic E-state index is 4.64. The van der Waals surface area contributed by atoms with Crippen molar-refractivity contribution in [3.63, 3.8) is 0 Å². The van der Waals surface area contributed by atoms with Gasteiger partial charge in [0.15, 0.2) is 0 Å². The third kappa shape index (κ3) is 3.56. The van der Waals surface area contributed by atoms with Crippen LogP contribution in [0.4, 0.5) is 5.69 Å². The second-order valence-corrected chi connectivity index (χ2v) is 4.90. The smallest absolute Gasteiger partial charge is 0.124 e. The van der Waals surface area contributed by atoms with E-state index in [1.807, 2.05) is 13.0 Å². The van der Waals surface area contributed by atoms with Gasteiger partial charge < -0.3 is 5.32 Å². The highest BCUT2D eigenvalue weighted by atomic mass is 35.5. The molecule has 4 heteroatoms. The van der Waals surface area contributed by atoms with Crippen LogP contribution < -0.4 is 10.3 Å². The Labute approximate surface area is 131 Å². The molecular weight excluding hydrogens is 282 g/mol. The summed E-state index contributed by atoms with van der Waals surface area (Å²) >= 11 is 0. The molecule has 0 radical (unpaired) electrons. The molecule has 1 heterocycles. The van der Waals surface area contributed by atoms with Crippen LogP contribution in [0.5, 0.6) is 0 Å². The average molecular weight is 302 g/mol. The Bertz CT molecular complexity index is 664. The van der Waals surface area contributed by atoms with Gasteiger partial charge in [0.05, 0.1) is 5.69 Å². The molecule has 0 bridgehead atoms. The summed E-state index contributed by atoms with van der Waals surface area (Å²) in [7, 11) is 0. The molecule has 0 aliphatic carbocycles. The summed E-state index contributed by atoms with van der Waals surface area (Å²) < 4.78 is 0. The molecule has 3 nitrogen and oxygen atoms in total. The molecule has 1 aliphatic heterocycles. The van der Waals surface area contributed by atoms with Gasteiger partial charge in [-0.25, -0.2) is 0 Å². The average Bonchev–Trinajstić information content (AvgIpc) is 2.96. The van der Waals surface area contributed by atoms with Crippen molar-refractivity contribution in [2.24, 2.45) is 5.10 Å². The first kappa shape index (κ1) is 15.4. The van der Waals surface area contributed by atoms with E-state index < -0.39 is 0 Å². The molecule has 0 amide bonds. The molecule has 0 fully saturated rings. The lowest BCUT2D eigenvalue weighted by atomic mass is 10.1. The van der Waals surface area contributed by atoms with Gasteiger partial charge in [-0.15, -0.1) is 12.4 Å². The van der Waals surface area contributed by atoms with Crippen LogP contribution in [0.25, 0.3) is 10.8 Å². The Kier molecular flexibility index (Phi) is 5.23. The quantitative estimate of drug-likeness (QED) is 0.869. The van der Waals surface area contributed by atoms with Crippen LogP contribution in [0.2, 0.25) is 0 Å². The second-order valence-electron chi connectivity index (χ2n) is 4.90. The van der Waals surface area contributed by atoms with E-state index in [0.29, 0.717) is 0 Å². The largest absolute Gasteiger partial charge is 0.369 e. The van der Waals surface area contributed by atoms with Crippen molar-refractivity contribution >= 4 is 34.7 Å². The van der Waals surface area contributed by atoms with E-state index >= 15 is 0 Å². The number of allylic oxidation sites excluding steroid dienone is 1. The summed E-state index contributed by atoms with van der Waals surface area (Å²) in [6.45, 7) is 3.82. The number of anilines is 1. The molecule has 2 aromatic carbocycles. The van der Waals surface area contributed by atoms with Crippen LogP contribution in [-0.2, 0) is 0 Å². The van der Waals surface area contributed by atoms with E-state index in [0.717, 1.165) is 31.0 Å². The van der Waals surface area contributed by atoms with E-state index in [9.17, 15) is 0 Å². The predicted octanol–water partition coefficient (Wildman–Crippen LogP) is 3.95. The highest BCUT2D eigenvalue weighted by molar-refractivity contribution is 5.89. The van der Waals surface area contributed by atoms with Gasteiger partial charge in [-0.05, 0) is 29.8 Å². The summed E-state index contributed by atoms with van der Waals surface area (Å²) in [5.74, 6) is 1.07. The molecule has 1 aliphatic rings.